The number of nitro groups is 1. The Labute approximate surface area is 241 Å². The van der Waals surface area contributed by atoms with Gasteiger partial charge in [-0.2, -0.15) is 0 Å². The molecular formula is C27H31BrN4O7S. The first kappa shape index (κ1) is 28.5. The Morgan fingerprint density at radius 3 is 2.45 bits per heavy atom. The minimum absolute atomic E-state index is 0.120. The number of nitrogens with zero attached hydrogens (tertiary/aromatic N) is 2. The molecule has 1 aliphatic carbocycles. The second kappa shape index (κ2) is 11.5. The smallest absolute Gasteiger partial charge is 0.293 e. The van der Waals surface area contributed by atoms with E-state index in [0.717, 1.165) is 50.5 Å². The maximum Gasteiger partial charge on any atom is 0.293 e. The van der Waals surface area contributed by atoms with Crippen LogP contribution in [0.3, 0.4) is 0 Å². The first-order valence-corrected chi connectivity index (χ1v) is 15.6. The molecule has 3 fully saturated rings. The molecule has 1 spiro atoms. The molecule has 40 heavy (non-hydrogen) atoms. The Hall–Kier alpha value is -3.03. The number of hydrogen-bond acceptors (Lipinski definition) is 9. The van der Waals surface area contributed by atoms with Crippen molar-refractivity contribution in [3.8, 4) is 0 Å². The number of sulfonamides is 1. The van der Waals surface area contributed by atoms with Crippen molar-refractivity contribution in [1.29, 1.82) is 0 Å². The van der Waals surface area contributed by atoms with E-state index < -0.39 is 20.9 Å². The maximum atomic E-state index is 13.0. The van der Waals surface area contributed by atoms with E-state index in [1.807, 2.05) is 4.72 Å². The fraction of sp³-hybridized carbons (Fsp3) is 0.481. The molecule has 0 bridgehead atoms. The number of piperidine rings is 1. The van der Waals surface area contributed by atoms with Gasteiger partial charge in [-0.3, -0.25) is 19.7 Å². The zero-order chi connectivity index (χ0) is 28.5. The maximum absolute atomic E-state index is 13.0. The topological polar surface area (TPSA) is 148 Å². The van der Waals surface area contributed by atoms with E-state index in [9.17, 15) is 28.1 Å². The van der Waals surface area contributed by atoms with Crippen LogP contribution in [0.1, 0.15) is 48.9 Å². The van der Waals surface area contributed by atoms with Gasteiger partial charge in [0.1, 0.15) is 11.5 Å². The predicted octanol–water partition coefficient (Wildman–Crippen LogP) is 4.26. The van der Waals surface area contributed by atoms with Gasteiger partial charge in [-0.25, -0.2) is 13.1 Å². The Bertz CT molecular complexity index is 1420. The van der Waals surface area contributed by atoms with Crippen LogP contribution in [0.2, 0.25) is 0 Å². The fourth-order valence-electron chi connectivity index (χ4n) is 5.68. The molecule has 13 heteroatoms. The van der Waals surface area contributed by atoms with Crippen molar-refractivity contribution in [2.45, 2.75) is 43.4 Å². The van der Waals surface area contributed by atoms with E-state index in [4.69, 9.17) is 4.74 Å². The van der Waals surface area contributed by atoms with Gasteiger partial charge in [0, 0.05) is 61.9 Å². The first-order valence-electron chi connectivity index (χ1n) is 13.3. The highest BCUT2D eigenvalue weighted by molar-refractivity contribution is 9.10. The molecule has 2 saturated heterocycles. The number of Topliss-reactive ketones (excluding diaryl/α,β-unsaturated/α-hetero) is 1. The summed E-state index contributed by atoms with van der Waals surface area (Å²) in [5, 5.41) is 14.8. The van der Waals surface area contributed by atoms with Crippen molar-refractivity contribution in [1.82, 2.24) is 4.72 Å². The van der Waals surface area contributed by atoms with Gasteiger partial charge in [0.2, 0.25) is 0 Å². The summed E-state index contributed by atoms with van der Waals surface area (Å²) in [4.78, 5) is 37.3. The fourth-order valence-corrected chi connectivity index (χ4v) is 7.21. The molecule has 0 atom stereocenters. The molecule has 5 rings (SSSR count). The number of hydrogen-bond donors (Lipinski definition) is 2. The molecule has 3 aliphatic rings. The number of amides is 1. The first-order chi connectivity index (χ1) is 19.1. The molecule has 0 unspecified atom stereocenters. The largest absolute Gasteiger partial charge is 0.381 e. The molecule has 2 aromatic carbocycles. The van der Waals surface area contributed by atoms with Crippen LogP contribution in [0, 0.1) is 21.4 Å². The zero-order valence-electron chi connectivity index (χ0n) is 21.9. The third kappa shape index (κ3) is 6.16. The van der Waals surface area contributed by atoms with Gasteiger partial charge < -0.3 is 15.0 Å². The number of carbonyl (C=O) groups is 2. The zero-order valence-corrected chi connectivity index (χ0v) is 24.3. The van der Waals surface area contributed by atoms with Crippen LogP contribution in [-0.2, 0) is 19.6 Å². The monoisotopic (exact) mass is 634 g/mol. The highest BCUT2D eigenvalue weighted by Gasteiger charge is 2.45. The summed E-state index contributed by atoms with van der Waals surface area (Å²) in [6, 6.07) is 8.64. The molecule has 1 amide bonds. The summed E-state index contributed by atoms with van der Waals surface area (Å²) in [6.07, 6.45) is 4.89. The van der Waals surface area contributed by atoms with Crippen LogP contribution in [0.25, 0.3) is 0 Å². The van der Waals surface area contributed by atoms with Gasteiger partial charge in [-0.05, 0) is 83.3 Å². The number of halogens is 1. The van der Waals surface area contributed by atoms with Crippen molar-refractivity contribution in [3.63, 3.8) is 0 Å². The summed E-state index contributed by atoms with van der Waals surface area (Å²) < 4.78 is 33.8. The van der Waals surface area contributed by atoms with Gasteiger partial charge in [0.15, 0.2) is 0 Å². The molecular weight excluding hydrogens is 604 g/mol. The second-order valence-corrected chi connectivity index (χ2v) is 13.4. The van der Waals surface area contributed by atoms with E-state index >= 15 is 0 Å². The lowest BCUT2D eigenvalue weighted by molar-refractivity contribution is -0.384. The average molecular weight is 636 g/mol. The molecule has 214 valence electrons. The van der Waals surface area contributed by atoms with Crippen molar-refractivity contribution in [2.24, 2.45) is 11.3 Å². The van der Waals surface area contributed by atoms with Gasteiger partial charge in [-0.1, -0.05) is 0 Å². The highest BCUT2D eigenvalue weighted by atomic mass is 79.9. The standard InChI is InChI=1S/C27H31BrN4O7S/c28-23-13-19(31-9-7-27(8-10-31)15-20(33)16-27)1-3-22(23)26(34)30-40(37,38)21-2-4-24(25(14-21)32(35)36)29-17-18-5-11-39-12-6-18/h1-4,13-14,18,29H,5-12,15-17H2,(H,30,34). The Morgan fingerprint density at radius 1 is 1.12 bits per heavy atom. The van der Waals surface area contributed by atoms with Gasteiger partial charge in [0.05, 0.1) is 15.4 Å². The summed E-state index contributed by atoms with van der Waals surface area (Å²) >= 11 is 3.39. The number of nitro benzene ring substituents is 1. The van der Waals surface area contributed by atoms with E-state index in [2.05, 4.69) is 26.1 Å². The SMILES string of the molecule is O=C1CC2(CCN(c3ccc(C(=O)NS(=O)(=O)c4ccc(NCC5CCOCC5)c([N+](=O)[O-])c4)c(Br)c3)CC2)C1. The van der Waals surface area contributed by atoms with Crippen LogP contribution in [0.4, 0.5) is 17.1 Å². The lowest BCUT2D eigenvalue weighted by Gasteiger charge is -2.47. The Morgan fingerprint density at radius 2 is 1.82 bits per heavy atom. The molecule has 2 aromatic rings. The summed E-state index contributed by atoms with van der Waals surface area (Å²) in [5.74, 6) is -0.219. The number of benzene rings is 2. The van der Waals surface area contributed by atoms with Crippen molar-refractivity contribution in [3.05, 3.63) is 56.5 Å². The average Bonchev–Trinajstić information content (AvgIpc) is 2.91. The predicted molar refractivity (Wildman–Crippen MR) is 152 cm³/mol. The number of rotatable bonds is 8. The van der Waals surface area contributed by atoms with E-state index in [1.165, 1.54) is 12.1 Å². The van der Waals surface area contributed by atoms with Crippen LogP contribution in [0.5, 0.6) is 0 Å². The minimum Gasteiger partial charge on any atom is -0.381 e. The van der Waals surface area contributed by atoms with Crippen molar-refractivity contribution < 1.29 is 27.7 Å². The quantitative estimate of drug-likeness (QED) is 0.321. The Balaban J connectivity index is 1.25. The second-order valence-electron chi connectivity index (χ2n) is 10.9. The normalized spacial score (nSPS) is 19.2. The number of ether oxygens (including phenoxy) is 1. The highest BCUT2D eigenvalue weighted by Crippen LogP contribution is 2.47. The summed E-state index contributed by atoms with van der Waals surface area (Å²) in [7, 11) is -4.38. The molecule has 0 radical (unpaired) electrons. The lowest BCUT2D eigenvalue weighted by Crippen LogP contribution is -2.47. The van der Waals surface area contributed by atoms with Crippen molar-refractivity contribution in [2.75, 3.05) is 43.1 Å². The van der Waals surface area contributed by atoms with Crippen LogP contribution in [0.15, 0.2) is 45.8 Å². The van der Waals surface area contributed by atoms with Crippen molar-refractivity contribution >= 4 is 54.7 Å². The van der Waals surface area contributed by atoms with E-state index in [-0.39, 0.29) is 27.2 Å². The van der Waals surface area contributed by atoms with E-state index in [0.29, 0.717) is 48.8 Å². The minimum atomic E-state index is -4.38. The number of ketones is 1. The van der Waals surface area contributed by atoms with Gasteiger partial charge in [-0.15, -0.1) is 0 Å². The van der Waals surface area contributed by atoms with Crippen LogP contribution in [-0.4, -0.2) is 57.9 Å². The molecule has 11 nitrogen and oxygen atoms in total. The summed E-state index contributed by atoms with van der Waals surface area (Å²) in [5.41, 5.74) is 0.990. The number of carbonyl (C=O) groups excluding carboxylic acids is 2. The molecule has 2 N–H and O–H groups in total. The molecule has 0 aromatic heterocycles. The van der Waals surface area contributed by atoms with E-state index in [1.54, 1.807) is 18.2 Å². The van der Waals surface area contributed by atoms with Gasteiger partial charge in [0.25, 0.3) is 21.6 Å². The lowest BCUT2D eigenvalue weighted by atomic mass is 9.62. The summed E-state index contributed by atoms with van der Waals surface area (Å²) in [6.45, 7) is 3.41. The Kier molecular flexibility index (Phi) is 8.16. The third-order valence-electron chi connectivity index (χ3n) is 8.16. The molecule has 1 saturated carbocycles. The third-order valence-corrected chi connectivity index (χ3v) is 10.1. The molecule has 2 aliphatic heterocycles. The number of nitrogens with one attached hydrogen (secondary N) is 2. The van der Waals surface area contributed by atoms with Crippen LogP contribution < -0.4 is 14.9 Å². The van der Waals surface area contributed by atoms with Gasteiger partial charge >= 0.3 is 0 Å². The van der Waals surface area contributed by atoms with Crippen LogP contribution >= 0.6 is 15.9 Å². The number of anilines is 2. The molecule has 2 heterocycles.